The van der Waals surface area contributed by atoms with Crippen LogP contribution < -0.4 is 5.73 Å². The van der Waals surface area contributed by atoms with Gasteiger partial charge in [0.05, 0.1) is 0 Å². The summed E-state index contributed by atoms with van der Waals surface area (Å²) in [6.07, 6.45) is 1.97. The molecule has 0 aliphatic heterocycles. The highest BCUT2D eigenvalue weighted by Crippen LogP contribution is 2.28. The fraction of sp³-hybridized carbons (Fsp3) is 0.273. The molecule has 1 nitrogen and oxygen atoms in total. The van der Waals surface area contributed by atoms with Gasteiger partial charge < -0.3 is 5.73 Å². The lowest BCUT2D eigenvalue weighted by Gasteiger charge is -2.03. The molecule has 0 amide bonds. The monoisotopic (exact) mass is 225 g/mol. The van der Waals surface area contributed by atoms with Crippen LogP contribution in [-0.2, 0) is 6.42 Å². The fourth-order valence-electron chi connectivity index (χ4n) is 1.52. The second-order valence-corrected chi connectivity index (χ2v) is 4.65. The Morgan fingerprint density at radius 2 is 2.21 bits per heavy atom. The predicted molar refractivity (Wildman–Crippen MR) is 64.2 cm³/mol. The van der Waals surface area contributed by atoms with Gasteiger partial charge in [-0.1, -0.05) is 11.6 Å². The maximum atomic E-state index is 6.16. The van der Waals surface area contributed by atoms with Crippen LogP contribution in [0.4, 0.5) is 0 Å². The Balaban J connectivity index is 2.38. The summed E-state index contributed by atoms with van der Waals surface area (Å²) >= 11 is 7.89. The van der Waals surface area contributed by atoms with Crippen molar-refractivity contribution in [2.45, 2.75) is 12.8 Å². The van der Waals surface area contributed by atoms with Crippen molar-refractivity contribution in [3.63, 3.8) is 0 Å². The highest BCUT2D eigenvalue weighted by atomic mass is 35.5. The zero-order chi connectivity index (χ0) is 9.97. The molecule has 1 aromatic carbocycles. The number of hydrogen-bond donors (Lipinski definition) is 1. The summed E-state index contributed by atoms with van der Waals surface area (Å²) in [5, 5.41) is 4.24. The summed E-state index contributed by atoms with van der Waals surface area (Å²) in [7, 11) is 0. The van der Waals surface area contributed by atoms with Crippen molar-refractivity contribution >= 4 is 33.0 Å². The molecule has 0 atom stereocenters. The van der Waals surface area contributed by atoms with E-state index in [1.807, 2.05) is 6.07 Å². The van der Waals surface area contributed by atoms with E-state index in [0.29, 0.717) is 0 Å². The highest BCUT2D eigenvalue weighted by Gasteiger charge is 2.03. The molecule has 0 bridgehead atoms. The molecule has 0 aliphatic carbocycles. The fourth-order valence-corrected chi connectivity index (χ4v) is 2.65. The second-order valence-electron chi connectivity index (χ2n) is 3.29. The van der Waals surface area contributed by atoms with Crippen molar-refractivity contribution in [1.29, 1.82) is 0 Å². The van der Waals surface area contributed by atoms with E-state index in [2.05, 4.69) is 17.5 Å². The van der Waals surface area contributed by atoms with Gasteiger partial charge in [0.15, 0.2) is 0 Å². The lowest BCUT2D eigenvalue weighted by atomic mass is 10.1. The first-order valence-electron chi connectivity index (χ1n) is 4.67. The topological polar surface area (TPSA) is 26.0 Å². The molecule has 2 aromatic rings. The van der Waals surface area contributed by atoms with E-state index in [1.54, 1.807) is 11.3 Å². The van der Waals surface area contributed by atoms with Crippen LogP contribution in [0.25, 0.3) is 10.1 Å². The van der Waals surface area contributed by atoms with Crippen LogP contribution in [0.3, 0.4) is 0 Å². The van der Waals surface area contributed by atoms with Gasteiger partial charge >= 0.3 is 0 Å². The molecule has 0 spiro atoms. The van der Waals surface area contributed by atoms with Crippen molar-refractivity contribution < 1.29 is 0 Å². The second kappa shape index (κ2) is 4.30. The highest BCUT2D eigenvalue weighted by molar-refractivity contribution is 7.17. The van der Waals surface area contributed by atoms with Crippen molar-refractivity contribution in [3.8, 4) is 0 Å². The maximum absolute atomic E-state index is 6.16. The molecule has 1 heterocycles. The molecule has 0 saturated heterocycles. The van der Waals surface area contributed by atoms with Gasteiger partial charge in [-0.3, -0.25) is 0 Å². The Morgan fingerprint density at radius 3 is 3.00 bits per heavy atom. The molecule has 0 aliphatic rings. The molecule has 1 aromatic heterocycles. The van der Waals surface area contributed by atoms with Crippen LogP contribution in [-0.4, -0.2) is 6.54 Å². The first kappa shape index (κ1) is 9.97. The van der Waals surface area contributed by atoms with Crippen LogP contribution in [0.2, 0.25) is 5.02 Å². The van der Waals surface area contributed by atoms with Crippen molar-refractivity contribution in [2.75, 3.05) is 6.54 Å². The molecule has 2 N–H and O–H groups in total. The molecule has 0 saturated carbocycles. The minimum atomic E-state index is 0.720. The maximum Gasteiger partial charge on any atom is 0.0452 e. The molecule has 0 fully saturated rings. The Kier molecular flexibility index (Phi) is 3.06. The van der Waals surface area contributed by atoms with Gasteiger partial charge in [0.2, 0.25) is 0 Å². The predicted octanol–water partition coefficient (Wildman–Crippen LogP) is 3.45. The average Bonchev–Trinajstić information content (AvgIpc) is 2.61. The Labute approximate surface area is 92.5 Å². The molecular weight excluding hydrogens is 214 g/mol. The summed E-state index contributed by atoms with van der Waals surface area (Å²) in [6.45, 7) is 0.720. The lowest BCUT2D eigenvalue weighted by molar-refractivity contribution is 0.834. The minimum absolute atomic E-state index is 0.720. The number of rotatable bonds is 3. The largest absolute Gasteiger partial charge is 0.330 e. The first-order chi connectivity index (χ1) is 6.81. The Bertz CT molecular complexity index is 436. The zero-order valence-electron chi connectivity index (χ0n) is 7.79. The van der Waals surface area contributed by atoms with Gasteiger partial charge in [0, 0.05) is 9.72 Å². The smallest absolute Gasteiger partial charge is 0.0452 e. The van der Waals surface area contributed by atoms with Crippen molar-refractivity contribution in [3.05, 3.63) is 34.2 Å². The van der Waals surface area contributed by atoms with Gasteiger partial charge in [-0.2, -0.15) is 0 Å². The van der Waals surface area contributed by atoms with E-state index < -0.39 is 0 Å². The standard InChI is InChI=1S/C11H12ClNS/c12-10-7-11-9(3-5-14-11)6-8(10)2-1-4-13/h3,5-7H,1-2,4,13H2. The van der Waals surface area contributed by atoms with E-state index >= 15 is 0 Å². The molecule has 14 heavy (non-hydrogen) atoms. The third-order valence-corrected chi connectivity index (χ3v) is 3.50. The van der Waals surface area contributed by atoms with Gasteiger partial charge in [-0.25, -0.2) is 0 Å². The minimum Gasteiger partial charge on any atom is -0.330 e. The van der Waals surface area contributed by atoms with Gasteiger partial charge in [0.1, 0.15) is 0 Å². The number of benzene rings is 1. The third kappa shape index (κ3) is 1.92. The summed E-state index contributed by atoms with van der Waals surface area (Å²) in [4.78, 5) is 0. The SMILES string of the molecule is NCCCc1cc2ccsc2cc1Cl. The molecule has 2 rings (SSSR count). The molecule has 0 radical (unpaired) electrons. The number of nitrogens with two attached hydrogens (primary N) is 1. The number of hydrogen-bond acceptors (Lipinski definition) is 2. The van der Waals surface area contributed by atoms with Crippen LogP contribution in [0, 0.1) is 0 Å². The number of fused-ring (bicyclic) bond motifs is 1. The van der Waals surface area contributed by atoms with E-state index in [1.165, 1.54) is 15.6 Å². The summed E-state index contributed by atoms with van der Waals surface area (Å²) in [5.74, 6) is 0. The normalized spacial score (nSPS) is 11.0. The summed E-state index contributed by atoms with van der Waals surface area (Å²) < 4.78 is 1.26. The van der Waals surface area contributed by atoms with Gasteiger partial charge in [0.25, 0.3) is 0 Å². The van der Waals surface area contributed by atoms with Crippen molar-refractivity contribution in [1.82, 2.24) is 0 Å². The van der Waals surface area contributed by atoms with Gasteiger partial charge in [-0.05, 0) is 53.9 Å². The molecule has 74 valence electrons. The van der Waals surface area contributed by atoms with Gasteiger partial charge in [-0.15, -0.1) is 11.3 Å². The lowest BCUT2D eigenvalue weighted by Crippen LogP contribution is -2.00. The van der Waals surface area contributed by atoms with E-state index in [9.17, 15) is 0 Å². The first-order valence-corrected chi connectivity index (χ1v) is 5.92. The van der Waals surface area contributed by atoms with E-state index in [0.717, 1.165) is 24.4 Å². The van der Waals surface area contributed by atoms with Crippen LogP contribution >= 0.6 is 22.9 Å². The average molecular weight is 226 g/mol. The Hall–Kier alpha value is -0.570. The summed E-state index contributed by atoms with van der Waals surface area (Å²) in [5.41, 5.74) is 6.69. The molecule has 0 unspecified atom stereocenters. The Morgan fingerprint density at radius 1 is 1.36 bits per heavy atom. The number of thiophene rings is 1. The van der Waals surface area contributed by atoms with Crippen molar-refractivity contribution in [2.24, 2.45) is 5.73 Å². The third-order valence-electron chi connectivity index (χ3n) is 2.27. The van der Waals surface area contributed by atoms with Crippen LogP contribution in [0.1, 0.15) is 12.0 Å². The molecule has 3 heteroatoms. The summed E-state index contributed by atoms with van der Waals surface area (Å²) in [6, 6.07) is 6.35. The number of halogens is 1. The number of aryl methyl sites for hydroxylation is 1. The van der Waals surface area contributed by atoms with E-state index in [4.69, 9.17) is 17.3 Å². The van der Waals surface area contributed by atoms with Crippen LogP contribution in [0.15, 0.2) is 23.6 Å². The quantitative estimate of drug-likeness (QED) is 0.851. The van der Waals surface area contributed by atoms with Crippen LogP contribution in [0.5, 0.6) is 0 Å². The molecular formula is C11H12ClNS. The van der Waals surface area contributed by atoms with E-state index in [-0.39, 0.29) is 0 Å². The zero-order valence-corrected chi connectivity index (χ0v) is 9.37.